The van der Waals surface area contributed by atoms with Crippen LogP contribution in [0.25, 0.3) is 0 Å². The number of thioether (sulfide) groups is 1. The van der Waals surface area contributed by atoms with Crippen LogP contribution in [0.4, 0.5) is 13.2 Å². The fourth-order valence-electron chi connectivity index (χ4n) is 3.12. The molecule has 174 valence electrons. The summed E-state index contributed by atoms with van der Waals surface area (Å²) >= 11 is 1.77. The summed E-state index contributed by atoms with van der Waals surface area (Å²) in [7, 11) is 0. The topological polar surface area (TPSA) is 35.5 Å². The molecule has 0 radical (unpaired) electrons. The van der Waals surface area contributed by atoms with Gasteiger partial charge in [0.25, 0.3) is 0 Å². The van der Waals surface area contributed by atoms with Gasteiger partial charge in [0.15, 0.2) is 6.61 Å². The highest BCUT2D eigenvalue weighted by molar-refractivity contribution is 7.98. The molecular weight excluding hydrogens is 449 g/mol. The molecule has 0 N–H and O–H groups in total. The van der Waals surface area contributed by atoms with Gasteiger partial charge in [-0.15, -0.1) is 0 Å². The molecule has 0 saturated carbocycles. The molecule has 3 nitrogen and oxygen atoms in total. The van der Waals surface area contributed by atoms with Gasteiger partial charge < -0.3 is 9.47 Å². The summed E-state index contributed by atoms with van der Waals surface area (Å²) < 4.78 is 46.9. The fraction of sp³-hybridized carbons (Fsp3) is 0.269. The normalized spacial score (nSPS) is 11.8. The Morgan fingerprint density at radius 3 is 2.21 bits per heavy atom. The Morgan fingerprint density at radius 1 is 0.879 bits per heavy atom. The molecule has 0 heterocycles. The SMILES string of the molecule is CC(C)(CSCc1cccc(Oc2ccccc2)c1)c1ccc(C(=O)OCC(F)(F)F)cc1. The Balaban J connectivity index is 1.53. The number of esters is 1. The Hall–Kier alpha value is -2.93. The van der Waals surface area contributed by atoms with Gasteiger partial charge in [0.05, 0.1) is 5.56 Å². The molecule has 0 aliphatic carbocycles. The Morgan fingerprint density at radius 2 is 1.55 bits per heavy atom. The minimum Gasteiger partial charge on any atom is -0.457 e. The summed E-state index contributed by atoms with van der Waals surface area (Å²) in [5.41, 5.74) is 2.04. The lowest BCUT2D eigenvalue weighted by atomic mass is 9.86. The lowest BCUT2D eigenvalue weighted by Gasteiger charge is -2.25. The minimum atomic E-state index is -4.54. The highest BCUT2D eigenvalue weighted by Crippen LogP contribution is 2.30. The zero-order chi connectivity index (χ0) is 23.9. The lowest BCUT2D eigenvalue weighted by molar-refractivity contribution is -0.161. The number of hydrogen-bond acceptors (Lipinski definition) is 4. The van der Waals surface area contributed by atoms with Crippen LogP contribution in [-0.4, -0.2) is 24.5 Å². The first-order chi connectivity index (χ1) is 15.6. The van der Waals surface area contributed by atoms with Gasteiger partial charge in [-0.05, 0) is 52.9 Å². The number of hydrogen-bond donors (Lipinski definition) is 0. The molecule has 33 heavy (non-hydrogen) atoms. The molecule has 0 aliphatic heterocycles. The van der Waals surface area contributed by atoms with Crippen molar-refractivity contribution in [3.63, 3.8) is 0 Å². The van der Waals surface area contributed by atoms with E-state index in [1.54, 1.807) is 23.9 Å². The van der Waals surface area contributed by atoms with Crippen LogP contribution in [0.3, 0.4) is 0 Å². The quantitative estimate of drug-likeness (QED) is 0.303. The number of halogens is 3. The number of para-hydroxylation sites is 1. The van der Waals surface area contributed by atoms with Crippen LogP contribution in [0.1, 0.15) is 35.3 Å². The second-order valence-electron chi connectivity index (χ2n) is 8.21. The van der Waals surface area contributed by atoms with E-state index in [-0.39, 0.29) is 11.0 Å². The number of ether oxygens (including phenoxy) is 2. The third-order valence-electron chi connectivity index (χ3n) is 4.88. The van der Waals surface area contributed by atoms with Crippen LogP contribution < -0.4 is 4.74 Å². The summed E-state index contributed by atoms with van der Waals surface area (Å²) in [5, 5.41) is 0. The lowest BCUT2D eigenvalue weighted by Crippen LogP contribution is -2.22. The van der Waals surface area contributed by atoms with E-state index >= 15 is 0 Å². The van der Waals surface area contributed by atoms with Gasteiger partial charge in [0.1, 0.15) is 11.5 Å². The largest absolute Gasteiger partial charge is 0.457 e. The van der Waals surface area contributed by atoms with Gasteiger partial charge >= 0.3 is 12.1 Å². The highest BCUT2D eigenvalue weighted by atomic mass is 32.2. The maximum atomic E-state index is 12.2. The van der Waals surface area contributed by atoms with E-state index in [9.17, 15) is 18.0 Å². The average molecular weight is 475 g/mol. The molecule has 0 saturated heterocycles. The predicted octanol–water partition coefficient (Wildman–Crippen LogP) is 7.41. The maximum absolute atomic E-state index is 12.2. The zero-order valence-electron chi connectivity index (χ0n) is 18.4. The maximum Gasteiger partial charge on any atom is 0.422 e. The molecule has 0 atom stereocenters. The molecule has 3 aromatic rings. The zero-order valence-corrected chi connectivity index (χ0v) is 19.2. The van der Waals surface area contributed by atoms with Crippen molar-refractivity contribution in [1.29, 1.82) is 0 Å². The van der Waals surface area contributed by atoms with Crippen LogP contribution in [0.5, 0.6) is 11.5 Å². The second-order valence-corrected chi connectivity index (χ2v) is 9.19. The standard InChI is InChI=1S/C26H25F3O3S/c1-25(2,21-13-11-20(12-14-21)24(30)31-17-26(27,28)29)18-33-16-19-7-6-10-23(15-19)32-22-8-4-3-5-9-22/h3-15H,16-18H2,1-2H3. The van der Waals surface area contributed by atoms with Crippen molar-refractivity contribution in [2.24, 2.45) is 0 Å². The molecule has 0 fully saturated rings. The van der Waals surface area contributed by atoms with Gasteiger partial charge in [-0.2, -0.15) is 24.9 Å². The van der Waals surface area contributed by atoms with Crippen molar-refractivity contribution in [3.05, 3.63) is 95.6 Å². The monoisotopic (exact) mass is 474 g/mol. The molecular formula is C26H25F3O3S. The van der Waals surface area contributed by atoms with E-state index in [2.05, 4.69) is 24.7 Å². The molecule has 0 spiro atoms. The highest BCUT2D eigenvalue weighted by Gasteiger charge is 2.30. The predicted molar refractivity (Wildman–Crippen MR) is 125 cm³/mol. The second kappa shape index (κ2) is 10.8. The first kappa shape index (κ1) is 24.7. The average Bonchev–Trinajstić information content (AvgIpc) is 2.78. The van der Waals surface area contributed by atoms with E-state index in [0.717, 1.165) is 34.1 Å². The van der Waals surface area contributed by atoms with Crippen molar-refractivity contribution in [1.82, 2.24) is 0 Å². The summed E-state index contributed by atoms with van der Waals surface area (Å²) in [6.07, 6.45) is -4.54. The van der Waals surface area contributed by atoms with E-state index in [4.69, 9.17) is 4.74 Å². The summed E-state index contributed by atoms with van der Waals surface area (Å²) in [4.78, 5) is 11.8. The van der Waals surface area contributed by atoms with Gasteiger partial charge in [-0.3, -0.25) is 0 Å². The van der Waals surface area contributed by atoms with Crippen LogP contribution in [-0.2, 0) is 15.9 Å². The van der Waals surface area contributed by atoms with E-state index in [1.807, 2.05) is 48.5 Å². The van der Waals surface area contributed by atoms with Crippen LogP contribution >= 0.6 is 11.8 Å². The number of carbonyl (C=O) groups excluding carboxylic acids is 1. The van der Waals surface area contributed by atoms with Gasteiger partial charge in [0.2, 0.25) is 0 Å². The third kappa shape index (κ3) is 7.86. The van der Waals surface area contributed by atoms with Gasteiger partial charge in [0, 0.05) is 11.5 Å². The third-order valence-corrected chi connectivity index (χ3v) is 6.34. The molecule has 0 aromatic heterocycles. The number of alkyl halides is 3. The van der Waals surface area contributed by atoms with Crippen LogP contribution in [0, 0.1) is 0 Å². The first-order valence-electron chi connectivity index (χ1n) is 10.4. The van der Waals surface area contributed by atoms with E-state index in [1.165, 1.54) is 12.1 Å². The Bertz CT molecular complexity index is 1050. The summed E-state index contributed by atoms with van der Waals surface area (Å²) in [6, 6.07) is 24.1. The molecule has 7 heteroatoms. The van der Waals surface area contributed by atoms with Crippen LogP contribution in [0.2, 0.25) is 0 Å². The van der Waals surface area contributed by atoms with Crippen molar-refractivity contribution in [2.75, 3.05) is 12.4 Å². The van der Waals surface area contributed by atoms with Crippen LogP contribution in [0.15, 0.2) is 78.9 Å². The van der Waals surface area contributed by atoms with Gasteiger partial charge in [-0.25, -0.2) is 4.79 Å². The van der Waals surface area contributed by atoms with Crippen molar-refractivity contribution >= 4 is 17.7 Å². The smallest absolute Gasteiger partial charge is 0.422 e. The molecule has 0 unspecified atom stereocenters. The Labute approximate surface area is 195 Å². The molecule has 3 aromatic carbocycles. The van der Waals surface area contributed by atoms with E-state index in [0.29, 0.717) is 0 Å². The molecule has 3 rings (SSSR count). The fourth-order valence-corrected chi connectivity index (χ4v) is 4.31. The van der Waals surface area contributed by atoms with Crippen molar-refractivity contribution < 1.29 is 27.4 Å². The summed E-state index contributed by atoms with van der Waals surface area (Å²) in [5.74, 6) is 2.20. The molecule has 0 amide bonds. The van der Waals surface area contributed by atoms with Crippen molar-refractivity contribution in [3.8, 4) is 11.5 Å². The minimum absolute atomic E-state index is 0.0988. The van der Waals surface area contributed by atoms with E-state index < -0.39 is 18.8 Å². The summed E-state index contributed by atoms with van der Waals surface area (Å²) in [6.45, 7) is 2.59. The Kier molecular flexibility index (Phi) is 8.08. The first-order valence-corrected chi connectivity index (χ1v) is 11.5. The molecule has 0 aliphatic rings. The number of carbonyl (C=O) groups is 1. The number of benzene rings is 3. The molecule has 0 bridgehead atoms. The number of rotatable bonds is 9. The van der Waals surface area contributed by atoms with Gasteiger partial charge in [-0.1, -0.05) is 56.3 Å². The van der Waals surface area contributed by atoms with Crippen molar-refractivity contribution in [2.45, 2.75) is 31.2 Å².